The Hall–Kier alpha value is -1.42. The molecule has 0 spiro atoms. The molecule has 1 aromatic rings. The minimum atomic E-state index is -2.10. The number of carbonyl (C=O) groups is 1. The Kier molecular flexibility index (Phi) is 3.80. The summed E-state index contributed by atoms with van der Waals surface area (Å²) < 4.78 is 18.1. The molecular formula is C11H14FNO2. The molecule has 0 aliphatic rings. The zero-order valence-electron chi connectivity index (χ0n) is 8.57. The molecule has 2 N–H and O–H groups in total. The van der Waals surface area contributed by atoms with Crippen LogP contribution in [-0.4, -0.2) is 18.2 Å². The second-order valence-electron chi connectivity index (χ2n) is 3.46. The number of nitrogens with two attached hydrogens (primary N) is 1. The monoisotopic (exact) mass is 211 g/mol. The van der Waals surface area contributed by atoms with Crippen molar-refractivity contribution >= 4 is 5.97 Å². The molecule has 0 radical (unpaired) electrons. The van der Waals surface area contributed by atoms with Gasteiger partial charge < -0.3 is 10.5 Å². The van der Waals surface area contributed by atoms with Crippen LogP contribution in [0, 0.1) is 0 Å². The second-order valence-corrected chi connectivity index (χ2v) is 3.46. The van der Waals surface area contributed by atoms with Gasteiger partial charge in [-0.3, -0.25) is 0 Å². The summed E-state index contributed by atoms with van der Waals surface area (Å²) in [7, 11) is 0. The maximum atomic E-state index is 13.3. The van der Waals surface area contributed by atoms with Crippen LogP contribution >= 0.6 is 0 Å². The summed E-state index contributed by atoms with van der Waals surface area (Å²) in [6.45, 7) is 0.806. The molecule has 0 heterocycles. The Morgan fingerprint density at radius 3 is 2.60 bits per heavy atom. The van der Waals surface area contributed by atoms with Crippen LogP contribution in [0.1, 0.15) is 12.5 Å². The van der Waals surface area contributed by atoms with E-state index in [-0.39, 0.29) is 13.2 Å². The molecular weight excluding hydrogens is 197 g/mol. The largest absolute Gasteiger partial charge is 0.458 e. The Morgan fingerprint density at radius 2 is 2.07 bits per heavy atom. The lowest BCUT2D eigenvalue weighted by molar-refractivity contribution is -0.157. The van der Waals surface area contributed by atoms with Crippen molar-refractivity contribution in [3.05, 3.63) is 35.9 Å². The second kappa shape index (κ2) is 4.89. The summed E-state index contributed by atoms with van der Waals surface area (Å²) in [5, 5.41) is 0. The molecule has 82 valence electrons. The van der Waals surface area contributed by atoms with Gasteiger partial charge in [0, 0.05) is 6.54 Å². The molecule has 0 aliphatic carbocycles. The van der Waals surface area contributed by atoms with E-state index < -0.39 is 11.6 Å². The van der Waals surface area contributed by atoms with Gasteiger partial charge in [-0.15, -0.1) is 0 Å². The van der Waals surface area contributed by atoms with Crippen LogP contribution in [0.2, 0.25) is 0 Å². The van der Waals surface area contributed by atoms with Gasteiger partial charge >= 0.3 is 5.97 Å². The highest BCUT2D eigenvalue weighted by molar-refractivity contribution is 5.79. The molecule has 1 rings (SSSR count). The fourth-order valence-electron chi connectivity index (χ4n) is 0.957. The molecule has 0 amide bonds. The maximum Gasteiger partial charge on any atom is 0.345 e. The zero-order valence-corrected chi connectivity index (χ0v) is 8.57. The van der Waals surface area contributed by atoms with Crippen LogP contribution in [0.4, 0.5) is 4.39 Å². The predicted molar refractivity (Wildman–Crippen MR) is 54.8 cm³/mol. The van der Waals surface area contributed by atoms with E-state index in [1.54, 1.807) is 12.1 Å². The van der Waals surface area contributed by atoms with Gasteiger partial charge in [-0.05, 0) is 12.5 Å². The Labute approximate surface area is 88.0 Å². The molecule has 1 atom stereocenters. The van der Waals surface area contributed by atoms with Crippen molar-refractivity contribution in [1.82, 2.24) is 0 Å². The van der Waals surface area contributed by atoms with Gasteiger partial charge in [-0.25, -0.2) is 9.18 Å². The highest BCUT2D eigenvalue weighted by atomic mass is 19.1. The lowest BCUT2D eigenvalue weighted by atomic mass is 10.1. The quantitative estimate of drug-likeness (QED) is 0.766. The van der Waals surface area contributed by atoms with E-state index in [4.69, 9.17) is 10.5 Å². The van der Waals surface area contributed by atoms with E-state index in [2.05, 4.69) is 0 Å². The topological polar surface area (TPSA) is 52.3 Å². The van der Waals surface area contributed by atoms with Gasteiger partial charge in [-0.2, -0.15) is 0 Å². The molecule has 0 saturated carbocycles. The van der Waals surface area contributed by atoms with Crippen molar-refractivity contribution in [3.8, 4) is 0 Å². The summed E-state index contributed by atoms with van der Waals surface area (Å²) in [6, 6.07) is 9.09. The van der Waals surface area contributed by atoms with Crippen LogP contribution in [0.15, 0.2) is 30.3 Å². The number of esters is 1. The summed E-state index contributed by atoms with van der Waals surface area (Å²) in [6.07, 6.45) is 0. The van der Waals surface area contributed by atoms with E-state index in [1.165, 1.54) is 0 Å². The number of ether oxygens (including phenoxy) is 1. The Balaban J connectivity index is 2.48. The first-order valence-electron chi connectivity index (χ1n) is 4.66. The first-order valence-corrected chi connectivity index (χ1v) is 4.66. The van der Waals surface area contributed by atoms with Gasteiger partial charge in [-0.1, -0.05) is 30.3 Å². The van der Waals surface area contributed by atoms with Gasteiger partial charge in [0.15, 0.2) is 0 Å². The Bertz CT molecular complexity index is 325. The number of benzene rings is 1. The number of rotatable bonds is 4. The Morgan fingerprint density at radius 1 is 1.47 bits per heavy atom. The molecule has 1 aromatic carbocycles. The SMILES string of the molecule is CC(F)(CN)C(=O)OCc1ccccc1. The normalized spacial score (nSPS) is 14.3. The summed E-state index contributed by atoms with van der Waals surface area (Å²) in [5.74, 6) is -0.922. The summed E-state index contributed by atoms with van der Waals surface area (Å²) in [5.41, 5.74) is 3.82. The lowest BCUT2D eigenvalue weighted by Gasteiger charge is -2.16. The fraction of sp³-hybridized carbons (Fsp3) is 0.364. The number of hydrogen-bond donors (Lipinski definition) is 1. The van der Waals surface area contributed by atoms with Crippen molar-refractivity contribution in [2.24, 2.45) is 5.73 Å². The first kappa shape index (κ1) is 11.7. The molecule has 0 fully saturated rings. The number of alkyl halides is 1. The van der Waals surface area contributed by atoms with Crippen LogP contribution in [0.25, 0.3) is 0 Å². The molecule has 0 bridgehead atoms. The first-order chi connectivity index (χ1) is 7.06. The molecule has 0 saturated heterocycles. The van der Waals surface area contributed by atoms with Crippen LogP contribution in [0.3, 0.4) is 0 Å². The van der Waals surface area contributed by atoms with Crippen molar-refractivity contribution in [1.29, 1.82) is 0 Å². The van der Waals surface area contributed by atoms with Gasteiger partial charge in [0.1, 0.15) is 6.61 Å². The van der Waals surface area contributed by atoms with E-state index in [9.17, 15) is 9.18 Å². The number of carbonyl (C=O) groups excluding carboxylic acids is 1. The highest BCUT2D eigenvalue weighted by Crippen LogP contribution is 2.11. The third-order valence-electron chi connectivity index (χ3n) is 2.02. The van der Waals surface area contributed by atoms with Crippen molar-refractivity contribution in [2.45, 2.75) is 19.2 Å². The average Bonchev–Trinajstić information content (AvgIpc) is 2.27. The zero-order chi connectivity index (χ0) is 11.3. The molecule has 3 nitrogen and oxygen atoms in total. The smallest absolute Gasteiger partial charge is 0.345 e. The van der Waals surface area contributed by atoms with E-state index in [1.807, 2.05) is 18.2 Å². The van der Waals surface area contributed by atoms with E-state index >= 15 is 0 Å². The third-order valence-corrected chi connectivity index (χ3v) is 2.02. The van der Waals surface area contributed by atoms with Crippen LogP contribution < -0.4 is 5.73 Å². The van der Waals surface area contributed by atoms with Gasteiger partial charge in [0.05, 0.1) is 0 Å². The molecule has 4 heteroatoms. The average molecular weight is 211 g/mol. The summed E-state index contributed by atoms with van der Waals surface area (Å²) >= 11 is 0. The molecule has 0 aromatic heterocycles. The van der Waals surface area contributed by atoms with Crippen molar-refractivity contribution in [3.63, 3.8) is 0 Å². The van der Waals surface area contributed by atoms with Crippen molar-refractivity contribution < 1.29 is 13.9 Å². The van der Waals surface area contributed by atoms with E-state index in [0.29, 0.717) is 0 Å². The third kappa shape index (κ3) is 3.32. The van der Waals surface area contributed by atoms with E-state index in [0.717, 1.165) is 12.5 Å². The lowest BCUT2D eigenvalue weighted by Crippen LogP contribution is -2.39. The van der Waals surface area contributed by atoms with Crippen LogP contribution in [0.5, 0.6) is 0 Å². The van der Waals surface area contributed by atoms with Gasteiger partial charge in [0.2, 0.25) is 5.67 Å². The number of halogens is 1. The summed E-state index contributed by atoms with van der Waals surface area (Å²) in [4.78, 5) is 11.2. The maximum absolute atomic E-state index is 13.3. The molecule has 1 unspecified atom stereocenters. The number of hydrogen-bond acceptors (Lipinski definition) is 3. The van der Waals surface area contributed by atoms with Crippen molar-refractivity contribution in [2.75, 3.05) is 6.54 Å². The molecule has 0 aliphatic heterocycles. The highest BCUT2D eigenvalue weighted by Gasteiger charge is 2.32. The minimum absolute atomic E-state index is 0.0686. The minimum Gasteiger partial charge on any atom is -0.458 e. The standard InChI is InChI=1S/C11H14FNO2/c1-11(12,8-13)10(14)15-7-9-5-3-2-4-6-9/h2-6H,7-8,13H2,1H3. The van der Waals surface area contributed by atoms with Crippen LogP contribution in [-0.2, 0) is 16.1 Å². The van der Waals surface area contributed by atoms with Gasteiger partial charge in [0.25, 0.3) is 0 Å². The predicted octanol–water partition coefficient (Wildman–Crippen LogP) is 1.42. The fourth-order valence-corrected chi connectivity index (χ4v) is 0.957. The molecule has 15 heavy (non-hydrogen) atoms.